The molecule has 0 bridgehead atoms. The van der Waals surface area contributed by atoms with Crippen molar-refractivity contribution in [2.75, 3.05) is 0 Å². The van der Waals surface area contributed by atoms with Crippen LogP contribution in [-0.2, 0) is 19.1 Å². The number of allylic oxidation sites excluding steroid dienone is 3. The number of esters is 1. The zero-order valence-electron chi connectivity index (χ0n) is 13.2. The second kappa shape index (κ2) is 7.02. The Morgan fingerprint density at radius 1 is 1.27 bits per heavy atom. The van der Waals surface area contributed by atoms with E-state index in [0.29, 0.717) is 6.29 Å². The summed E-state index contributed by atoms with van der Waals surface area (Å²) in [6, 6.07) is 0. The van der Waals surface area contributed by atoms with E-state index in [2.05, 4.69) is 10.4 Å². The van der Waals surface area contributed by atoms with Crippen molar-refractivity contribution < 1.29 is 19.1 Å². The van der Waals surface area contributed by atoms with Gasteiger partial charge in [-0.2, -0.15) is 5.10 Å². The number of aldehydes is 1. The minimum atomic E-state index is -1.72. The molecule has 7 heteroatoms. The van der Waals surface area contributed by atoms with Gasteiger partial charge in [0.2, 0.25) is 11.6 Å². The van der Waals surface area contributed by atoms with Crippen LogP contribution in [0, 0.1) is 0 Å². The molecule has 1 unspecified atom stereocenters. The maximum atomic E-state index is 12.7. The predicted molar refractivity (Wildman–Crippen MR) is 81.7 cm³/mol. The van der Waals surface area contributed by atoms with E-state index in [1.165, 1.54) is 24.3 Å². The molecule has 0 aromatic heterocycles. The van der Waals surface area contributed by atoms with Crippen LogP contribution in [0.3, 0.4) is 0 Å². The molecule has 22 heavy (non-hydrogen) atoms. The molecule has 1 aliphatic heterocycles. The number of hydrazone groups is 1. The molecule has 0 aromatic carbocycles. The topological polar surface area (TPSA) is 88.1 Å². The molecule has 0 saturated carbocycles. The Balaban J connectivity index is 3.29. The first-order chi connectivity index (χ1) is 10.2. The van der Waals surface area contributed by atoms with Crippen LogP contribution in [0.15, 0.2) is 29.5 Å². The molecule has 1 aliphatic rings. The van der Waals surface area contributed by atoms with Gasteiger partial charge < -0.3 is 14.8 Å². The van der Waals surface area contributed by atoms with Gasteiger partial charge in [0.15, 0.2) is 0 Å². The lowest BCUT2D eigenvalue weighted by Crippen LogP contribution is -2.63. The molecule has 0 saturated heterocycles. The second-order valence-electron chi connectivity index (χ2n) is 5.75. The van der Waals surface area contributed by atoms with E-state index in [0.717, 1.165) is 0 Å². The molecule has 0 spiro atoms. The van der Waals surface area contributed by atoms with Gasteiger partial charge in [-0.25, -0.2) is 9.80 Å². The Morgan fingerprint density at radius 2 is 1.95 bits per heavy atom. The fourth-order valence-corrected chi connectivity index (χ4v) is 1.82. The highest BCUT2D eigenvalue weighted by atomic mass is 16.6. The van der Waals surface area contributed by atoms with Crippen molar-refractivity contribution in [3.63, 3.8) is 0 Å². The molecule has 1 atom stereocenters. The van der Waals surface area contributed by atoms with Crippen LogP contribution in [0.2, 0.25) is 0 Å². The summed E-state index contributed by atoms with van der Waals surface area (Å²) in [4.78, 5) is 35.4. The summed E-state index contributed by atoms with van der Waals surface area (Å²) in [5, 5.41) is 7.80. The van der Waals surface area contributed by atoms with E-state index in [9.17, 15) is 14.4 Å². The van der Waals surface area contributed by atoms with E-state index in [1.807, 2.05) is 0 Å². The number of carbonyl (C=O) groups is 3. The van der Waals surface area contributed by atoms with E-state index >= 15 is 0 Å². The maximum Gasteiger partial charge on any atom is 0.355 e. The number of rotatable bonds is 5. The van der Waals surface area contributed by atoms with Crippen molar-refractivity contribution in [1.29, 1.82) is 0 Å². The Hall–Kier alpha value is -2.44. The third kappa shape index (κ3) is 4.54. The van der Waals surface area contributed by atoms with Gasteiger partial charge in [0, 0.05) is 19.3 Å². The van der Waals surface area contributed by atoms with Gasteiger partial charge in [-0.1, -0.05) is 6.08 Å². The average molecular weight is 307 g/mol. The molecule has 0 fully saturated rings. The van der Waals surface area contributed by atoms with Crippen LogP contribution in [0.5, 0.6) is 0 Å². The summed E-state index contributed by atoms with van der Waals surface area (Å²) in [6.45, 7) is 6.36. The van der Waals surface area contributed by atoms with E-state index in [-0.39, 0.29) is 6.42 Å². The van der Waals surface area contributed by atoms with E-state index < -0.39 is 23.1 Å². The molecule has 1 amide bonds. The molecular weight excluding hydrogens is 286 g/mol. The molecule has 1 heterocycles. The van der Waals surface area contributed by atoms with Crippen molar-refractivity contribution in [2.24, 2.45) is 5.10 Å². The van der Waals surface area contributed by atoms with Crippen LogP contribution in [0.25, 0.3) is 0 Å². The highest BCUT2D eigenvalue weighted by Crippen LogP contribution is 2.23. The van der Waals surface area contributed by atoms with E-state index in [4.69, 9.17) is 4.74 Å². The summed E-state index contributed by atoms with van der Waals surface area (Å²) < 4.78 is 5.37. The monoisotopic (exact) mass is 307 g/mol. The highest BCUT2D eigenvalue weighted by molar-refractivity contribution is 5.89. The molecule has 1 rings (SSSR count). The fourth-order valence-electron chi connectivity index (χ4n) is 1.82. The fraction of sp³-hybridized carbons (Fsp3) is 0.467. The van der Waals surface area contributed by atoms with Gasteiger partial charge in [0.1, 0.15) is 11.9 Å². The third-order valence-corrected chi connectivity index (χ3v) is 2.62. The van der Waals surface area contributed by atoms with Crippen LogP contribution >= 0.6 is 0 Å². The second-order valence-corrected chi connectivity index (χ2v) is 5.75. The van der Waals surface area contributed by atoms with Gasteiger partial charge in [-0.15, -0.1) is 0 Å². The number of amides is 1. The largest absolute Gasteiger partial charge is 0.457 e. The third-order valence-electron chi connectivity index (χ3n) is 2.62. The number of nitrogens with one attached hydrogen (secondary N) is 1. The summed E-state index contributed by atoms with van der Waals surface area (Å²) in [7, 11) is 0. The zero-order chi connectivity index (χ0) is 16.8. The quantitative estimate of drug-likeness (QED) is 0.607. The predicted octanol–water partition coefficient (Wildman–Crippen LogP) is 1.12. The summed E-state index contributed by atoms with van der Waals surface area (Å²) in [6.07, 6.45) is 8.18. The maximum absolute atomic E-state index is 12.7. The van der Waals surface area contributed by atoms with Gasteiger partial charge >= 0.3 is 5.97 Å². The minimum absolute atomic E-state index is 0.302. The first kappa shape index (κ1) is 17.6. The van der Waals surface area contributed by atoms with Crippen molar-refractivity contribution >= 4 is 24.4 Å². The molecule has 0 aromatic rings. The van der Waals surface area contributed by atoms with Crippen molar-refractivity contribution in [1.82, 2.24) is 10.3 Å². The minimum Gasteiger partial charge on any atom is -0.457 e. The van der Waals surface area contributed by atoms with Gasteiger partial charge in [0.25, 0.3) is 0 Å². The summed E-state index contributed by atoms with van der Waals surface area (Å²) in [5.74, 6) is -1.24. The number of hydrogen-bond acceptors (Lipinski definition) is 6. The lowest BCUT2D eigenvalue weighted by molar-refractivity contribution is -0.173. The van der Waals surface area contributed by atoms with Crippen LogP contribution in [0.1, 0.15) is 34.1 Å². The average Bonchev–Trinajstić information content (AvgIpc) is 2.64. The number of hydrogen-bond donors (Lipinski definition) is 1. The molecule has 1 N–H and O–H groups in total. The Bertz CT molecular complexity index is 515. The molecule has 0 aliphatic carbocycles. The first-order valence-electron chi connectivity index (χ1n) is 6.84. The van der Waals surface area contributed by atoms with E-state index in [1.54, 1.807) is 39.0 Å². The Kier molecular flexibility index (Phi) is 5.62. The molecule has 0 radical (unpaired) electrons. The summed E-state index contributed by atoms with van der Waals surface area (Å²) in [5.41, 5.74) is -2.50. The lowest BCUT2D eigenvalue weighted by atomic mass is 10.1. The zero-order valence-corrected chi connectivity index (χ0v) is 13.2. The first-order valence-corrected chi connectivity index (χ1v) is 6.84. The van der Waals surface area contributed by atoms with Gasteiger partial charge in [0.05, 0.1) is 6.42 Å². The number of nitrogens with zero attached hydrogens (tertiary/aromatic N) is 2. The van der Waals surface area contributed by atoms with Crippen molar-refractivity contribution in [3.05, 3.63) is 24.4 Å². The van der Waals surface area contributed by atoms with Crippen LogP contribution in [0.4, 0.5) is 0 Å². The van der Waals surface area contributed by atoms with Gasteiger partial charge in [-0.3, -0.25) is 4.79 Å². The molecule has 7 nitrogen and oxygen atoms in total. The molecular formula is C15H21N3O4. The standard InChI is InChI=1S/C15H21N3O4/c1-12(20)17-15(8-11-19,13(21)22-14(2,3)4)18-10-7-5-6-9-16-18/h5-7,9-11H,8H2,1-4H3,(H,17,20). The highest BCUT2D eigenvalue weighted by Gasteiger charge is 2.47. The Morgan fingerprint density at radius 3 is 2.50 bits per heavy atom. The van der Waals surface area contributed by atoms with Crippen LogP contribution in [-0.4, -0.2) is 40.7 Å². The summed E-state index contributed by atoms with van der Waals surface area (Å²) >= 11 is 0. The van der Waals surface area contributed by atoms with Crippen molar-refractivity contribution in [3.8, 4) is 0 Å². The Labute approximate surface area is 129 Å². The smallest absolute Gasteiger partial charge is 0.355 e. The number of ether oxygens (including phenoxy) is 1. The normalized spacial score (nSPS) is 16.6. The van der Waals surface area contributed by atoms with Crippen molar-refractivity contribution in [2.45, 2.75) is 45.4 Å². The SMILES string of the molecule is CC(=O)NC(CC=O)(C(=O)OC(C)(C)C)N1C=CC=CC=N1. The number of carbonyl (C=O) groups excluding carboxylic acids is 3. The van der Waals surface area contributed by atoms with Crippen LogP contribution < -0.4 is 5.32 Å². The van der Waals surface area contributed by atoms with Gasteiger partial charge in [-0.05, 0) is 32.9 Å². The molecule has 120 valence electrons. The lowest BCUT2D eigenvalue weighted by Gasteiger charge is -2.38.